The van der Waals surface area contributed by atoms with E-state index in [4.69, 9.17) is 0 Å². The lowest BCUT2D eigenvalue weighted by molar-refractivity contribution is -0.178. The number of fused-ring (bicyclic) bond motifs is 3. The Labute approximate surface area is 243 Å². The van der Waals surface area contributed by atoms with Crippen molar-refractivity contribution in [2.24, 2.45) is 28.6 Å². The first-order chi connectivity index (χ1) is 18.9. The van der Waals surface area contributed by atoms with Crippen molar-refractivity contribution in [2.75, 3.05) is 0 Å². The highest BCUT2D eigenvalue weighted by molar-refractivity contribution is 6.24. The van der Waals surface area contributed by atoms with Gasteiger partial charge < -0.3 is 20.4 Å². The van der Waals surface area contributed by atoms with E-state index in [0.717, 1.165) is 30.9 Å². The number of hydrogen-bond donors (Lipinski definition) is 4. The number of hydrogen-bond acceptors (Lipinski definition) is 7. The van der Waals surface area contributed by atoms with E-state index < -0.39 is 56.8 Å². The first kappa shape index (κ1) is 31.0. The molecule has 1 fully saturated rings. The number of aliphatic hydroxyl groups is 3. The van der Waals surface area contributed by atoms with Gasteiger partial charge in [0, 0.05) is 22.3 Å². The smallest absolute Gasteiger partial charge is 0.203 e. The summed E-state index contributed by atoms with van der Waals surface area (Å²) in [5, 5.41) is 47.0. The highest BCUT2D eigenvalue weighted by atomic mass is 16.3. The van der Waals surface area contributed by atoms with Crippen LogP contribution in [0.25, 0.3) is 5.76 Å². The van der Waals surface area contributed by atoms with Crippen LogP contribution in [0.15, 0.2) is 23.0 Å². The van der Waals surface area contributed by atoms with Crippen LogP contribution < -0.4 is 0 Å². The van der Waals surface area contributed by atoms with Crippen molar-refractivity contribution >= 4 is 23.1 Å². The number of allylic oxidation sites excluding steroid dienone is 1. The molecular formula is C34H46O7. The lowest BCUT2D eigenvalue weighted by Gasteiger charge is -2.60. The number of carbonyl (C=O) groups excluding carboxylic acids is 3. The highest BCUT2D eigenvalue weighted by Gasteiger charge is 2.72. The number of carbonyl (C=O) groups is 3. The Morgan fingerprint density at radius 3 is 2.12 bits per heavy atom. The average Bonchev–Trinajstić information content (AvgIpc) is 2.85. The molecule has 0 saturated heterocycles. The predicted octanol–water partition coefficient (Wildman–Crippen LogP) is 6.29. The summed E-state index contributed by atoms with van der Waals surface area (Å²) in [6, 6.07) is 2.02. The van der Waals surface area contributed by atoms with Gasteiger partial charge in [-0.25, -0.2) is 0 Å². The second-order valence-electron chi connectivity index (χ2n) is 13.8. The Balaban J connectivity index is 2.07. The molecule has 4 rings (SSSR count). The Hall–Kier alpha value is -2.93. The van der Waals surface area contributed by atoms with Crippen LogP contribution in [0, 0.1) is 28.6 Å². The van der Waals surface area contributed by atoms with Crippen molar-refractivity contribution in [3.05, 3.63) is 45.2 Å². The van der Waals surface area contributed by atoms with Crippen LogP contribution in [-0.4, -0.2) is 43.4 Å². The van der Waals surface area contributed by atoms with E-state index in [1.54, 1.807) is 20.8 Å². The monoisotopic (exact) mass is 566 g/mol. The molecule has 0 spiro atoms. The third-order valence-corrected chi connectivity index (χ3v) is 10.4. The summed E-state index contributed by atoms with van der Waals surface area (Å²) in [6.45, 7) is 16.5. The topological polar surface area (TPSA) is 132 Å². The maximum absolute atomic E-state index is 14.5. The zero-order chi connectivity index (χ0) is 31.0. The van der Waals surface area contributed by atoms with Crippen molar-refractivity contribution in [1.29, 1.82) is 0 Å². The van der Waals surface area contributed by atoms with Crippen LogP contribution in [0.3, 0.4) is 0 Å². The normalized spacial score (nSPS) is 29.8. The molecule has 0 aliphatic heterocycles. The van der Waals surface area contributed by atoms with Crippen LogP contribution in [0.5, 0.6) is 5.75 Å². The third-order valence-electron chi connectivity index (χ3n) is 10.4. The maximum atomic E-state index is 14.5. The Kier molecular flexibility index (Phi) is 7.65. The van der Waals surface area contributed by atoms with Gasteiger partial charge in [0.2, 0.25) is 5.78 Å². The second-order valence-corrected chi connectivity index (χ2v) is 13.8. The van der Waals surface area contributed by atoms with Gasteiger partial charge >= 0.3 is 0 Å². The van der Waals surface area contributed by atoms with Gasteiger partial charge in [-0.2, -0.15) is 0 Å². The summed E-state index contributed by atoms with van der Waals surface area (Å²) >= 11 is 0. The van der Waals surface area contributed by atoms with E-state index in [1.807, 2.05) is 13.0 Å². The largest absolute Gasteiger partial charge is 0.508 e. The molecule has 7 nitrogen and oxygen atoms in total. The molecule has 0 amide bonds. The van der Waals surface area contributed by atoms with Gasteiger partial charge in [-0.3, -0.25) is 14.4 Å². The fourth-order valence-corrected chi connectivity index (χ4v) is 8.43. The molecule has 3 aliphatic rings. The minimum Gasteiger partial charge on any atom is -0.508 e. The van der Waals surface area contributed by atoms with Gasteiger partial charge in [-0.1, -0.05) is 74.3 Å². The molecule has 1 unspecified atom stereocenters. The van der Waals surface area contributed by atoms with E-state index in [2.05, 4.69) is 27.7 Å². The quantitative estimate of drug-likeness (QED) is 0.285. The van der Waals surface area contributed by atoms with E-state index in [0.29, 0.717) is 24.3 Å². The van der Waals surface area contributed by atoms with Crippen molar-refractivity contribution in [2.45, 2.75) is 106 Å². The number of phenols is 1. The lowest BCUT2D eigenvalue weighted by Crippen LogP contribution is -2.69. The zero-order valence-electron chi connectivity index (χ0n) is 25.9. The standard InChI is InChI=1S/C34H46O7/c1-10-19(11-2)12-20-13-21(16(3)4)22-14-32(8)15-33(9)25(17(5)6)28(37)23(18(7)35)30(39)34(33,41)31(40)26(32)29(38)24(22)27(20)36/h13,16-17,19,25,36,38-39,41H,10-12,14-15H2,1-9H3/t25?,32-,33-,34+/m1/s1. The van der Waals surface area contributed by atoms with Gasteiger partial charge in [0.05, 0.1) is 5.56 Å². The zero-order valence-corrected chi connectivity index (χ0v) is 25.9. The molecule has 1 aromatic carbocycles. The third kappa shape index (κ3) is 4.13. The van der Waals surface area contributed by atoms with E-state index >= 15 is 0 Å². The van der Waals surface area contributed by atoms with Gasteiger partial charge in [0.1, 0.15) is 22.8 Å². The second kappa shape index (κ2) is 10.1. The van der Waals surface area contributed by atoms with Gasteiger partial charge in [0.15, 0.2) is 17.2 Å². The van der Waals surface area contributed by atoms with Gasteiger partial charge in [-0.05, 0) is 60.6 Å². The Morgan fingerprint density at radius 1 is 1.05 bits per heavy atom. The van der Waals surface area contributed by atoms with Crippen molar-refractivity contribution in [3.8, 4) is 5.75 Å². The molecule has 1 aromatic rings. The number of phenolic OH excluding ortho intramolecular Hbond substituents is 1. The predicted molar refractivity (Wildman–Crippen MR) is 158 cm³/mol. The highest BCUT2D eigenvalue weighted by Crippen LogP contribution is 2.65. The lowest BCUT2D eigenvalue weighted by atomic mass is 9.43. The molecule has 0 bridgehead atoms. The number of benzene rings is 1. The SMILES string of the molecule is CCC(CC)Cc1cc(C(C)C)c2c(c1O)C(O)=C1C(=O)[C@@]3(O)C(O)=C(C(C)=O)C(=O)C(C(C)C)[C@@]3(C)C[C@@]1(C)C2. The molecule has 224 valence electrons. The molecule has 41 heavy (non-hydrogen) atoms. The molecule has 0 aromatic heterocycles. The van der Waals surface area contributed by atoms with E-state index in [1.165, 1.54) is 0 Å². The summed E-state index contributed by atoms with van der Waals surface area (Å²) in [5.74, 6) is -4.52. The van der Waals surface area contributed by atoms with Crippen LogP contribution in [0.1, 0.15) is 110 Å². The Morgan fingerprint density at radius 2 is 1.63 bits per heavy atom. The minimum absolute atomic E-state index is 0.0688. The van der Waals surface area contributed by atoms with Crippen molar-refractivity contribution < 1.29 is 34.8 Å². The number of Topliss-reactive ketones (excluding diaryl/α,β-unsaturated/α-hetero) is 3. The summed E-state index contributed by atoms with van der Waals surface area (Å²) in [4.78, 5) is 40.7. The molecule has 4 N–H and O–H groups in total. The first-order valence-corrected chi connectivity index (χ1v) is 15.0. The van der Waals surface area contributed by atoms with Crippen molar-refractivity contribution in [1.82, 2.24) is 0 Å². The van der Waals surface area contributed by atoms with Crippen LogP contribution >= 0.6 is 0 Å². The number of aliphatic hydroxyl groups excluding tert-OH is 2. The number of rotatable bonds is 7. The van der Waals surface area contributed by atoms with Gasteiger partial charge in [0.25, 0.3) is 0 Å². The van der Waals surface area contributed by atoms with E-state index in [9.17, 15) is 34.8 Å². The molecule has 1 saturated carbocycles. The molecule has 3 aliphatic carbocycles. The van der Waals surface area contributed by atoms with Gasteiger partial charge in [-0.15, -0.1) is 0 Å². The van der Waals surface area contributed by atoms with Crippen LogP contribution in [-0.2, 0) is 27.2 Å². The average molecular weight is 567 g/mol. The summed E-state index contributed by atoms with van der Waals surface area (Å²) in [6.07, 6.45) is 2.87. The minimum atomic E-state index is -2.60. The van der Waals surface area contributed by atoms with Crippen LogP contribution in [0.4, 0.5) is 0 Å². The molecule has 7 heteroatoms. The number of ketones is 3. The molecule has 4 atom stereocenters. The number of aromatic hydroxyl groups is 1. The summed E-state index contributed by atoms with van der Waals surface area (Å²) < 4.78 is 0. The molecule has 0 heterocycles. The van der Waals surface area contributed by atoms with Crippen LogP contribution in [0.2, 0.25) is 0 Å². The Bertz CT molecular complexity index is 1390. The molecule has 0 radical (unpaired) electrons. The fraction of sp³-hybridized carbons (Fsp3) is 0.618. The van der Waals surface area contributed by atoms with Crippen molar-refractivity contribution in [3.63, 3.8) is 0 Å². The fourth-order valence-electron chi connectivity index (χ4n) is 8.43. The summed E-state index contributed by atoms with van der Waals surface area (Å²) in [7, 11) is 0. The summed E-state index contributed by atoms with van der Waals surface area (Å²) in [5.41, 5.74) is -3.07. The van der Waals surface area contributed by atoms with E-state index in [-0.39, 0.29) is 35.1 Å². The maximum Gasteiger partial charge on any atom is 0.203 e. The molecular weight excluding hydrogens is 520 g/mol. The first-order valence-electron chi connectivity index (χ1n) is 15.0.